The molecular formula is C24H27N3O3S. The third kappa shape index (κ3) is 4.14. The molecule has 1 N–H and O–H groups in total. The number of carbonyl (C=O) groups is 2. The highest BCUT2D eigenvalue weighted by atomic mass is 32.1. The van der Waals surface area contributed by atoms with Gasteiger partial charge in [0.2, 0.25) is 5.91 Å². The van der Waals surface area contributed by atoms with Crippen LogP contribution in [0.4, 0.5) is 0 Å². The molecule has 4 rings (SSSR count). The van der Waals surface area contributed by atoms with Gasteiger partial charge in [-0.15, -0.1) is 11.3 Å². The molecule has 0 unspecified atom stereocenters. The minimum absolute atomic E-state index is 0.00592. The maximum Gasteiger partial charge on any atom is 0.259 e. The van der Waals surface area contributed by atoms with Crippen molar-refractivity contribution in [2.75, 3.05) is 19.6 Å². The van der Waals surface area contributed by atoms with Gasteiger partial charge >= 0.3 is 0 Å². The first-order valence-electron chi connectivity index (χ1n) is 10.6. The zero-order valence-electron chi connectivity index (χ0n) is 18.1. The summed E-state index contributed by atoms with van der Waals surface area (Å²) in [6.07, 6.45) is 1.22. The first kappa shape index (κ1) is 21.3. The predicted octanol–water partition coefficient (Wildman–Crippen LogP) is 4.23. The van der Waals surface area contributed by atoms with Crippen molar-refractivity contribution >= 4 is 23.2 Å². The van der Waals surface area contributed by atoms with E-state index in [0.717, 1.165) is 5.56 Å². The monoisotopic (exact) mass is 437 g/mol. The summed E-state index contributed by atoms with van der Waals surface area (Å²) >= 11 is 1.71. The van der Waals surface area contributed by atoms with Crippen LogP contribution in [0.15, 0.2) is 46.3 Å². The number of nitrogens with one attached hydrogen (secondary N) is 1. The fourth-order valence-corrected chi connectivity index (χ4v) is 5.10. The van der Waals surface area contributed by atoms with Crippen LogP contribution in [0.25, 0.3) is 10.4 Å². The second kappa shape index (κ2) is 8.67. The van der Waals surface area contributed by atoms with Crippen molar-refractivity contribution in [3.05, 3.63) is 64.4 Å². The van der Waals surface area contributed by atoms with Crippen molar-refractivity contribution in [3.8, 4) is 10.4 Å². The van der Waals surface area contributed by atoms with Crippen molar-refractivity contribution in [2.45, 2.75) is 33.6 Å². The molecule has 3 aromatic rings. The van der Waals surface area contributed by atoms with Crippen LogP contribution in [0, 0.1) is 19.3 Å². The van der Waals surface area contributed by atoms with Gasteiger partial charge in [-0.2, -0.15) is 0 Å². The fraction of sp³-hybridized carbons (Fsp3) is 0.375. The number of aryl methyl sites for hydroxylation is 2. The van der Waals surface area contributed by atoms with Crippen molar-refractivity contribution in [2.24, 2.45) is 5.41 Å². The molecule has 0 aliphatic carbocycles. The van der Waals surface area contributed by atoms with Crippen LogP contribution in [0.2, 0.25) is 0 Å². The second-order valence-corrected chi connectivity index (χ2v) is 9.11. The van der Waals surface area contributed by atoms with Gasteiger partial charge in [-0.25, -0.2) is 0 Å². The highest BCUT2D eigenvalue weighted by Gasteiger charge is 2.46. The molecule has 2 aromatic heterocycles. The Morgan fingerprint density at radius 2 is 2.00 bits per heavy atom. The minimum Gasteiger partial charge on any atom is -0.361 e. The van der Waals surface area contributed by atoms with Gasteiger partial charge < -0.3 is 14.7 Å². The van der Waals surface area contributed by atoms with Gasteiger partial charge in [0.1, 0.15) is 11.3 Å². The lowest BCUT2D eigenvalue weighted by Crippen LogP contribution is -2.45. The molecule has 0 saturated carbocycles. The van der Waals surface area contributed by atoms with Crippen LogP contribution in [0.3, 0.4) is 0 Å². The minimum atomic E-state index is -0.644. The Hall–Kier alpha value is -2.93. The summed E-state index contributed by atoms with van der Waals surface area (Å²) in [7, 11) is 0. The van der Waals surface area contributed by atoms with Crippen molar-refractivity contribution in [3.63, 3.8) is 0 Å². The molecule has 162 valence electrons. The molecule has 3 heterocycles. The van der Waals surface area contributed by atoms with E-state index in [9.17, 15) is 9.59 Å². The SMILES string of the molecule is CCNC(=O)[C@]1(Cc2ccc(-c3cccs3)cc2)CCN(C(=O)c2c(C)noc2C)C1. The van der Waals surface area contributed by atoms with Gasteiger partial charge in [0.05, 0.1) is 11.1 Å². The molecule has 0 spiro atoms. The van der Waals surface area contributed by atoms with Crippen molar-refractivity contribution in [1.82, 2.24) is 15.4 Å². The lowest BCUT2D eigenvalue weighted by atomic mass is 9.79. The molecule has 0 bridgehead atoms. The molecule has 1 atom stereocenters. The highest BCUT2D eigenvalue weighted by Crippen LogP contribution is 2.36. The molecule has 1 saturated heterocycles. The molecule has 1 aromatic carbocycles. The maximum absolute atomic E-state index is 13.1. The lowest BCUT2D eigenvalue weighted by molar-refractivity contribution is -0.130. The van der Waals surface area contributed by atoms with Gasteiger partial charge in [-0.05, 0) is 56.2 Å². The molecule has 1 fully saturated rings. The number of aromatic nitrogens is 1. The number of hydrogen-bond acceptors (Lipinski definition) is 5. The van der Waals surface area contributed by atoms with Crippen LogP contribution in [0.1, 0.15) is 40.7 Å². The second-order valence-electron chi connectivity index (χ2n) is 8.17. The molecule has 0 radical (unpaired) electrons. The van der Waals surface area contributed by atoms with Crippen LogP contribution in [-0.2, 0) is 11.2 Å². The maximum atomic E-state index is 13.1. The van der Waals surface area contributed by atoms with Gasteiger partial charge in [0.25, 0.3) is 5.91 Å². The summed E-state index contributed by atoms with van der Waals surface area (Å²) in [6.45, 7) is 6.92. The number of amides is 2. The van der Waals surface area contributed by atoms with E-state index < -0.39 is 5.41 Å². The van der Waals surface area contributed by atoms with E-state index in [0.29, 0.717) is 49.5 Å². The normalized spacial score (nSPS) is 18.4. The predicted molar refractivity (Wildman–Crippen MR) is 121 cm³/mol. The summed E-state index contributed by atoms with van der Waals surface area (Å²) < 4.78 is 5.18. The van der Waals surface area contributed by atoms with Crippen LogP contribution in [0.5, 0.6) is 0 Å². The Kier molecular flexibility index (Phi) is 5.96. The third-order valence-corrected chi connectivity index (χ3v) is 6.93. The Balaban J connectivity index is 1.57. The third-order valence-electron chi connectivity index (χ3n) is 6.01. The fourth-order valence-electron chi connectivity index (χ4n) is 4.37. The summed E-state index contributed by atoms with van der Waals surface area (Å²) in [5.74, 6) is 0.407. The van der Waals surface area contributed by atoms with Gasteiger partial charge in [0, 0.05) is 24.5 Å². The Bertz CT molecular complexity index is 1050. The number of rotatable bonds is 6. The van der Waals surface area contributed by atoms with E-state index >= 15 is 0 Å². The Labute approximate surface area is 186 Å². The topological polar surface area (TPSA) is 75.4 Å². The Morgan fingerprint density at radius 3 is 2.61 bits per heavy atom. The van der Waals surface area contributed by atoms with E-state index in [2.05, 4.69) is 46.2 Å². The Morgan fingerprint density at radius 1 is 1.23 bits per heavy atom. The summed E-state index contributed by atoms with van der Waals surface area (Å²) in [5, 5.41) is 8.96. The molecular weight excluding hydrogens is 410 g/mol. The van der Waals surface area contributed by atoms with Gasteiger partial charge in [0.15, 0.2) is 0 Å². The van der Waals surface area contributed by atoms with Gasteiger partial charge in [-0.1, -0.05) is 35.5 Å². The average molecular weight is 438 g/mol. The standard InChI is InChI=1S/C24H27N3O3S/c1-4-25-23(29)24(14-18-7-9-19(10-8-18)20-6-5-13-31-20)11-12-27(15-24)22(28)21-16(2)26-30-17(21)3/h5-10,13H,4,11-12,14-15H2,1-3H3,(H,25,29)/t24-/m0/s1. The zero-order chi connectivity index (χ0) is 22.0. The summed E-state index contributed by atoms with van der Waals surface area (Å²) in [4.78, 5) is 29.3. The number of carbonyl (C=O) groups excluding carboxylic acids is 2. The molecule has 31 heavy (non-hydrogen) atoms. The zero-order valence-corrected chi connectivity index (χ0v) is 18.9. The number of nitrogens with zero attached hydrogens (tertiary/aromatic N) is 2. The van der Waals surface area contributed by atoms with E-state index in [-0.39, 0.29) is 11.8 Å². The van der Waals surface area contributed by atoms with Crippen LogP contribution >= 0.6 is 11.3 Å². The smallest absolute Gasteiger partial charge is 0.259 e. The molecule has 2 amide bonds. The largest absolute Gasteiger partial charge is 0.361 e. The quantitative estimate of drug-likeness (QED) is 0.626. The number of likely N-dealkylation sites (tertiary alicyclic amines) is 1. The molecule has 1 aliphatic heterocycles. The number of hydrogen-bond donors (Lipinski definition) is 1. The highest BCUT2D eigenvalue weighted by molar-refractivity contribution is 7.13. The number of thiophene rings is 1. The van der Waals surface area contributed by atoms with E-state index in [4.69, 9.17) is 4.52 Å². The lowest BCUT2D eigenvalue weighted by Gasteiger charge is -2.28. The van der Waals surface area contributed by atoms with E-state index in [1.54, 1.807) is 30.1 Å². The first-order chi connectivity index (χ1) is 14.9. The van der Waals surface area contributed by atoms with E-state index in [1.807, 2.05) is 13.0 Å². The molecule has 1 aliphatic rings. The van der Waals surface area contributed by atoms with Crippen LogP contribution < -0.4 is 5.32 Å². The molecule has 7 heteroatoms. The summed E-state index contributed by atoms with van der Waals surface area (Å²) in [6, 6.07) is 12.5. The van der Waals surface area contributed by atoms with Crippen molar-refractivity contribution in [1.29, 1.82) is 0 Å². The van der Waals surface area contributed by atoms with E-state index in [1.165, 1.54) is 10.4 Å². The van der Waals surface area contributed by atoms with Gasteiger partial charge in [-0.3, -0.25) is 9.59 Å². The summed E-state index contributed by atoms with van der Waals surface area (Å²) in [5.41, 5.74) is 2.72. The average Bonchev–Trinajstić information content (AvgIpc) is 3.50. The van der Waals surface area contributed by atoms with Crippen LogP contribution in [-0.4, -0.2) is 41.5 Å². The number of benzene rings is 1. The van der Waals surface area contributed by atoms with Crippen molar-refractivity contribution < 1.29 is 14.1 Å². The first-order valence-corrected chi connectivity index (χ1v) is 11.4. The molecule has 6 nitrogen and oxygen atoms in total.